The molecule has 0 unspecified atom stereocenters. The second-order valence-corrected chi connectivity index (χ2v) is 9.22. The summed E-state index contributed by atoms with van der Waals surface area (Å²) in [6, 6.07) is 5.59. The lowest BCUT2D eigenvalue weighted by Crippen LogP contribution is -2.16. The SMILES string of the molecule is COC(=O)c1c(NC(=O)CSc2nnc(-c3ccccn3)n2C)sc2c1CCCCC2. The van der Waals surface area contributed by atoms with Gasteiger partial charge in [-0.1, -0.05) is 24.2 Å². The average Bonchev–Trinajstić information content (AvgIpc) is 3.23. The van der Waals surface area contributed by atoms with Gasteiger partial charge in [-0.25, -0.2) is 4.79 Å². The largest absolute Gasteiger partial charge is 0.465 e. The lowest BCUT2D eigenvalue weighted by Gasteiger charge is -2.07. The maximum Gasteiger partial charge on any atom is 0.341 e. The number of nitrogens with one attached hydrogen (secondary N) is 1. The number of nitrogens with zero attached hydrogens (tertiary/aromatic N) is 4. The topological polar surface area (TPSA) is 99.0 Å². The number of rotatable bonds is 6. The molecule has 1 amide bonds. The molecule has 0 spiro atoms. The van der Waals surface area contributed by atoms with Gasteiger partial charge in [0.05, 0.1) is 18.4 Å². The monoisotopic (exact) mass is 457 g/mol. The molecule has 0 aromatic carbocycles. The van der Waals surface area contributed by atoms with Crippen LogP contribution in [0, 0.1) is 0 Å². The second-order valence-electron chi connectivity index (χ2n) is 7.18. The van der Waals surface area contributed by atoms with Gasteiger partial charge in [-0.2, -0.15) is 0 Å². The van der Waals surface area contributed by atoms with Gasteiger partial charge in [0, 0.05) is 18.1 Å². The lowest BCUT2D eigenvalue weighted by atomic mass is 10.1. The summed E-state index contributed by atoms with van der Waals surface area (Å²) < 4.78 is 6.81. The van der Waals surface area contributed by atoms with E-state index in [2.05, 4.69) is 20.5 Å². The zero-order valence-electron chi connectivity index (χ0n) is 17.4. The minimum Gasteiger partial charge on any atom is -0.465 e. The fourth-order valence-electron chi connectivity index (χ4n) is 3.60. The number of thioether (sulfide) groups is 1. The number of pyridine rings is 1. The number of carbonyl (C=O) groups excluding carboxylic acids is 2. The Morgan fingerprint density at radius 2 is 2.06 bits per heavy atom. The van der Waals surface area contributed by atoms with Crippen molar-refractivity contribution in [2.24, 2.45) is 7.05 Å². The van der Waals surface area contributed by atoms with Gasteiger partial charge >= 0.3 is 5.97 Å². The number of ether oxygens (including phenoxy) is 1. The number of methoxy groups -OCH3 is 1. The summed E-state index contributed by atoms with van der Waals surface area (Å²) in [6.45, 7) is 0. The van der Waals surface area contributed by atoms with Crippen LogP contribution in [0.3, 0.4) is 0 Å². The molecular weight excluding hydrogens is 434 g/mol. The first-order valence-electron chi connectivity index (χ1n) is 10.0. The van der Waals surface area contributed by atoms with Gasteiger partial charge in [-0.3, -0.25) is 9.78 Å². The molecule has 0 aliphatic heterocycles. The molecule has 1 aliphatic carbocycles. The third kappa shape index (κ3) is 4.64. The molecule has 0 radical (unpaired) electrons. The van der Waals surface area contributed by atoms with Crippen molar-refractivity contribution in [2.45, 2.75) is 37.3 Å². The van der Waals surface area contributed by atoms with Crippen LogP contribution in [0.5, 0.6) is 0 Å². The maximum absolute atomic E-state index is 12.7. The van der Waals surface area contributed by atoms with Gasteiger partial charge in [0.15, 0.2) is 11.0 Å². The van der Waals surface area contributed by atoms with Crippen molar-refractivity contribution in [3.63, 3.8) is 0 Å². The maximum atomic E-state index is 12.7. The van der Waals surface area contributed by atoms with Gasteiger partial charge in [-0.05, 0) is 43.4 Å². The van der Waals surface area contributed by atoms with Crippen LogP contribution in [0.1, 0.15) is 40.1 Å². The summed E-state index contributed by atoms with van der Waals surface area (Å²) >= 11 is 2.78. The summed E-state index contributed by atoms with van der Waals surface area (Å²) in [6.07, 6.45) is 6.77. The van der Waals surface area contributed by atoms with Gasteiger partial charge in [0.25, 0.3) is 0 Å². The van der Waals surface area contributed by atoms with E-state index in [9.17, 15) is 9.59 Å². The molecule has 3 heterocycles. The smallest absolute Gasteiger partial charge is 0.341 e. The van der Waals surface area contributed by atoms with Crippen LogP contribution in [0.2, 0.25) is 0 Å². The molecule has 0 bridgehead atoms. The van der Waals surface area contributed by atoms with E-state index in [-0.39, 0.29) is 11.7 Å². The molecule has 10 heteroatoms. The fraction of sp³-hybridized carbons (Fsp3) is 0.381. The van der Waals surface area contributed by atoms with E-state index in [1.54, 1.807) is 6.20 Å². The summed E-state index contributed by atoms with van der Waals surface area (Å²) in [7, 11) is 3.22. The highest BCUT2D eigenvalue weighted by Crippen LogP contribution is 2.38. The first kappa shape index (κ1) is 21.5. The van der Waals surface area contributed by atoms with Crippen molar-refractivity contribution >= 4 is 40.0 Å². The van der Waals surface area contributed by atoms with E-state index < -0.39 is 5.97 Å². The number of hydrogen-bond acceptors (Lipinski definition) is 8. The Morgan fingerprint density at radius 1 is 1.23 bits per heavy atom. The predicted molar refractivity (Wildman–Crippen MR) is 121 cm³/mol. The van der Waals surface area contributed by atoms with Gasteiger partial charge in [0.2, 0.25) is 5.91 Å². The van der Waals surface area contributed by atoms with E-state index in [1.807, 2.05) is 29.8 Å². The number of hydrogen-bond donors (Lipinski definition) is 1. The third-order valence-corrected chi connectivity index (χ3v) is 7.35. The highest BCUT2D eigenvalue weighted by Gasteiger charge is 2.26. The van der Waals surface area contributed by atoms with Crippen LogP contribution in [0.25, 0.3) is 11.5 Å². The van der Waals surface area contributed by atoms with Crippen molar-refractivity contribution in [3.05, 3.63) is 40.4 Å². The van der Waals surface area contributed by atoms with E-state index in [1.165, 1.54) is 35.1 Å². The van der Waals surface area contributed by atoms with Crippen molar-refractivity contribution in [2.75, 3.05) is 18.2 Å². The van der Waals surface area contributed by atoms with E-state index >= 15 is 0 Å². The van der Waals surface area contributed by atoms with Crippen LogP contribution in [0.15, 0.2) is 29.6 Å². The number of carbonyl (C=O) groups is 2. The molecule has 1 aliphatic rings. The Balaban J connectivity index is 1.46. The Morgan fingerprint density at radius 3 is 2.84 bits per heavy atom. The van der Waals surface area contributed by atoms with E-state index in [0.29, 0.717) is 21.5 Å². The summed E-state index contributed by atoms with van der Waals surface area (Å²) in [4.78, 5) is 30.6. The minimum atomic E-state index is -0.393. The van der Waals surface area contributed by atoms with Crippen molar-refractivity contribution in [1.82, 2.24) is 19.7 Å². The van der Waals surface area contributed by atoms with Crippen LogP contribution in [0.4, 0.5) is 5.00 Å². The molecule has 3 aromatic rings. The molecule has 0 saturated carbocycles. The average molecular weight is 458 g/mol. The summed E-state index contributed by atoms with van der Waals surface area (Å²) in [5.74, 6) is 0.195. The van der Waals surface area contributed by atoms with E-state index in [4.69, 9.17) is 4.74 Å². The first-order chi connectivity index (χ1) is 15.1. The van der Waals surface area contributed by atoms with Crippen LogP contribution < -0.4 is 5.32 Å². The Labute approximate surface area is 188 Å². The van der Waals surface area contributed by atoms with Crippen LogP contribution in [-0.4, -0.2) is 44.5 Å². The Bertz CT molecular complexity index is 1090. The summed E-state index contributed by atoms with van der Waals surface area (Å²) in [5.41, 5.74) is 2.26. The van der Waals surface area contributed by atoms with Crippen LogP contribution in [-0.2, 0) is 29.4 Å². The molecule has 3 aromatic heterocycles. The fourth-order valence-corrected chi connectivity index (χ4v) is 5.60. The molecule has 4 rings (SSSR count). The Kier molecular flexibility index (Phi) is 6.67. The molecule has 0 fully saturated rings. The van der Waals surface area contributed by atoms with Crippen molar-refractivity contribution in [3.8, 4) is 11.5 Å². The number of esters is 1. The summed E-state index contributed by atoms with van der Waals surface area (Å²) in [5, 5.41) is 12.5. The Hall–Kier alpha value is -2.72. The van der Waals surface area contributed by atoms with Gasteiger partial charge in [0.1, 0.15) is 10.7 Å². The molecule has 0 atom stereocenters. The first-order valence-corrected chi connectivity index (χ1v) is 11.8. The standard InChI is InChI=1S/C21H23N5O3S2/c1-26-18(14-9-6-7-11-22-14)24-25-21(26)30-12-16(27)23-19-17(20(28)29-2)13-8-4-3-5-10-15(13)31-19/h6-7,9,11H,3-5,8,10,12H2,1-2H3,(H,23,27). The minimum absolute atomic E-state index is 0.150. The number of aryl methyl sites for hydroxylation is 1. The normalized spacial score (nSPS) is 13.4. The number of amides is 1. The number of aromatic nitrogens is 4. The number of fused-ring (bicyclic) bond motifs is 1. The van der Waals surface area contributed by atoms with Crippen LogP contribution >= 0.6 is 23.1 Å². The zero-order valence-corrected chi connectivity index (χ0v) is 19.0. The van der Waals surface area contributed by atoms with Gasteiger partial charge in [-0.15, -0.1) is 21.5 Å². The number of anilines is 1. The van der Waals surface area contributed by atoms with Crippen molar-refractivity contribution < 1.29 is 14.3 Å². The van der Waals surface area contributed by atoms with Crippen molar-refractivity contribution in [1.29, 1.82) is 0 Å². The molecule has 0 saturated heterocycles. The number of thiophene rings is 1. The molecule has 31 heavy (non-hydrogen) atoms. The highest BCUT2D eigenvalue weighted by molar-refractivity contribution is 7.99. The second kappa shape index (κ2) is 9.61. The lowest BCUT2D eigenvalue weighted by molar-refractivity contribution is -0.113. The van der Waals surface area contributed by atoms with Gasteiger partial charge < -0.3 is 14.6 Å². The highest BCUT2D eigenvalue weighted by atomic mass is 32.2. The van der Waals surface area contributed by atoms with E-state index in [0.717, 1.165) is 43.4 Å². The molecular formula is C21H23N5O3S2. The third-order valence-electron chi connectivity index (χ3n) is 5.13. The molecule has 1 N–H and O–H groups in total. The zero-order chi connectivity index (χ0) is 21.8. The molecule has 8 nitrogen and oxygen atoms in total. The predicted octanol–water partition coefficient (Wildman–Crippen LogP) is 3.72. The molecule has 162 valence electrons. The quantitative estimate of drug-likeness (QED) is 0.342.